The first-order valence-electron chi connectivity index (χ1n) is 8.75. The Morgan fingerprint density at radius 1 is 1.12 bits per heavy atom. The molecule has 0 spiro atoms. The van der Waals surface area contributed by atoms with E-state index in [2.05, 4.69) is 5.10 Å². The average Bonchev–Trinajstić information content (AvgIpc) is 3.34. The molecule has 0 bridgehead atoms. The number of carbonyl (C=O) groups excluding carboxylic acids is 3. The largest absolute Gasteiger partial charge is 0.289 e. The minimum absolute atomic E-state index is 0.126. The number of allylic oxidation sites excluding steroid dienone is 1. The second-order valence-electron chi connectivity index (χ2n) is 6.75. The highest BCUT2D eigenvalue weighted by atomic mass is 16.2. The fourth-order valence-corrected chi connectivity index (χ4v) is 3.27. The van der Waals surface area contributed by atoms with Gasteiger partial charge in [0.2, 0.25) is 11.8 Å². The summed E-state index contributed by atoms with van der Waals surface area (Å²) in [6.45, 7) is 0. The fraction of sp³-hybridized carbons (Fsp3) is 0.300. The second-order valence-corrected chi connectivity index (χ2v) is 6.75. The van der Waals surface area contributed by atoms with Crippen LogP contribution in [0.3, 0.4) is 0 Å². The Morgan fingerprint density at radius 2 is 1.77 bits per heavy atom. The third-order valence-corrected chi connectivity index (χ3v) is 4.89. The average molecular weight is 349 g/mol. The molecule has 0 N–H and O–H groups in total. The number of imide groups is 1. The van der Waals surface area contributed by atoms with Gasteiger partial charge in [0.15, 0.2) is 5.78 Å². The molecule has 1 aromatic carbocycles. The van der Waals surface area contributed by atoms with Crippen molar-refractivity contribution >= 4 is 29.4 Å². The van der Waals surface area contributed by atoms with Crippen molar-refractivity contribution < 1.29 is 14.4 Å². The van der Waals surface area contributed by atoms with E-state index in [0.717, 1.165) is 5.69 Å². The normalized spacial score (nSPS) is 17.5. The van der Waals surface area contributed by atoms with Crippen molar-refractivity contribution in [3.8, 4) is 0 Å². The monoisotopic (exact) mass is 349 g/mol. The zero-order chi connectivity index (χ0) is 18.3. The summed E-state index contributed by atoms with van der Waals surface area (Å²) in [5, 5.41) is 4.28. The number of aryl methyl sites for hydroxylation is 1. The van der Waals surface area contributed by atoms with E-state index in [9.17, 15) is 14.4 Å². The van der Waals surface area contributed by atoms with E-state index in [1.165, 1.54) is 23.3 Å². The van der Waals surface area contributed by atoms with Crippen molar-refractivity contribution in [2.24, 2.45) is 7.05 Å². The van der Waals surface area contributed by atoms with E-state index >= 15 is 0 Å². The molecule has 1 saturated carbocycles. The molecule has 1 aliphatic heterocycles. The van der Waals surface area contributed by atoms with Crippen molar-refractivity contribution in [3.63, 3.8) is 0 Å². The van der Waals surface area contributed by atoms with Gasteiger partial charge in [-0.05, 0) is 55.2 Å². The van der Waals surface area contributed by atoms with Crippen LogP contribution in [0.15, 0.2) is 36.5 Å². The van der Waals surface area contributed by atoms with E-state index in [4.69, 9.17) is 0 Å². The van der Waals surface area contributed by atoms with Crippen molar-refractivity contribution in [1.82, 2.24) is 9.78 Å². The zero-order valence-corrected chi connectivity index (χ0v) is 14.5. The molecular weight excluding hydrogens is 330 g/mol. The first-order valence-corrected chi connectivity index (χ1v) is 8.75. The summed E-state index contributed by atoms with van der Waals surface area (Å²) in [4.78, 5) is 37.2. The molecule has 2 aliphatic rings. The highest BCUT2D eigenvalue weighted by Crippen LogP contribution is 2.41. The lowest BCUT2D eigenvalue weighted by atomic mass is 10.1. The maximum Gasteiger partial charge on any atom is 0.234 e. The van der Waals surface area contributed by atoms with Gasteiger partial charge in [0.25, 0.3) is 0 Å². The van der Waals surface area contributed by atoms with Crippen LogP contribution in [-0.4, -0.2) is 27.4 Å². The van der Waals surface area contributed by atoms with Gasteiger partial charge in [0.1, 0.15) is 0 Å². The van der Waals surface area contributed by atoms with Crippen LogP contribution in [0.2, 0.25) is 0 Å². The Morgan fingerprint density at radius 3 is 2.38 bits per heavy atom. The Bertz CT molecular complexity index is 904. The number of aromatic nitrogens is 2. The first-order chi connectivity index (χ1) is 12.5. The van der Waals surface area contributed by atoms with Crippen LogP contribution in [0.5, 0.6) is 0 Å². The summed E-state index contributed by atoms with van der Waals surface area (Å²) >= 11 is 0. The number of rotatable bonds is 5. The van der Waals surface area contributed by atoms with Gasteiger partial charge in [0.05, 0.1) is 17.6 Å². The van der Waals surface area contributed by atoms with Crippen molar-refractivity contribution in [3.05, 3.63) is 53.4 Å². The molecule has 0 atom stereocenters. The van der Waals surface area contributed by atoms with Gasteiger partial charge in [-0.3, -0.25) is 24.0 Å². The molecule has 2 amide bonds. The van der Waals surface area contributed by atoms with Gasteiger partial charge in [0, 0.05) is 31.0 Å². The zero-order valence-electron chi connectivity index (χ0n) is 14.5. The molecule has 4 rings (SSSR count). The molecule has 6 heteroatoms. The second kappa shape index (κ2) is 6.37. The number of hydrogen-bond acceptors (Lipinski definition) is 4. The highest BCUT2D eigenvalue weighted by Gasteiger charge is 2.30. The molecule has 0 radical (unpaired) electrons. The molecule has 1 aromatic heterocycles. The van der Waals surface area contributed by atoms with Gasteiger partial charge in [-0.25, -0.2) is 0 Å². The molecule has 132 valence electrons. The van der Waals surface area contributed by atoms with Gasteiger partial charge in [-0.1, -0.05) is 0 Å². The number of benzene rings is 1. The summed E-state index contributed by atoms with van der Waals surface area (Å²) in [6.07, 6.45) is 8.08. The van der Waals surface area contributed by atoms with Crippen molar-refractivity contribution in [2.45, 2.75) is 31.6 Å². The molecule has 2 heterocycles. The third-order valence-electron chi connectivity index (χ3n) is 4.89. The minimum atomic E-state index is -0.196. The minimum Gasteiger partial charge on any atom is -0.289 e. The Hall–Kier alpha value is -3.02. The number of anilines is 1. The third kappa shape index (κ3) is 2.98. The fourth-order valence-electron chi connectivity index (χ4n) is 3.27. The van der Waals surface area contributed by atoms with Crippen LogP contribution in [0.4, 0.5) is 5.69 Å². The van der Waals surface area contributed by atoms with Gasteiger partial charge in [-0.15, -0.1) is 0 Å². The number of amides is 2. The van der Waals surface area contributed by atoms with Crippen LogP contribution in [0, 0.1) is 0 Å². The number of carbonyl (C=O) groups is 3. The van der Waals surface area contributed by atoms with Gasteiger partial charge >= 0.3 is 0 Å². The summed E-state index contributed by atoms with van der Waals surface area (Å²) in [6, 6.07) is 6.57. The molecule has 2 aromatic rings. The van der Waals surface area contributed by atoms with E-state index in [1.807, 2.05) is 19.3 Å². The lowest BCUT2D eigenvalue weighted by molar-refractivity contribution is -0.121. The van der Waals surface area contributed by atoms with Crippen molar-refractivity contribution in [1.29, 1.82) is 0 Å². The topological polar surface area (TPSA) is 72.3 Å². The summed E-state index contributed by atoms with van der Waals surface area (Å²) in [5.74, 6) is 0.0439. The van der Waals surface area contributed by atoms with Gasteiger partial charge in [-0.2, -0.15) is 5.10 Å². The molecule has 26 heavy (non-hydrogen) atoms. The lowest BCUT2D eigenvalue weighted by Crippen LogP contribution is -2.28. The standard InChI is InChI=1S/C20H19N3O3/c1-22-17(16(12-21-22)13-2-3-13)8-9-18(24)14-4-6-15(7-5-14)23-19(25)10-11-20(23)26/h4-9,12-13H,2-3,10-11H2,1H3. The van der Waals surface area contributed by atoms with E-state index in [0.29, 0.717) is 17.2 Å². The Labute approximate surface area is 151 Å². The van der Waals surface area contributed by atoms with E-state index in [-0.39, 0.29) is 30.4 Å². The molecule has 2 fully saturated rings. The Balaban J connectivity index is 1.51. The van der Waals surface area contributed by atoms with Crippen LogP contribution in [0.1, 0.15) is 53.2 Å². The first kappa shape index (κ1) is 16.4. The van der Waals surface area contributed by atoms with Crippen LogP contribution < -0.4 is 4.90 Å². The smallest absolute Gasteiger partial charge is 0.234 e. The molecule has 6 nitrogen and oxygen atoms in total. The maximum absolute atomic E-state index is 12.4. The quantitative estimate of drug-likeness (QED) is 0.473. The lowest BCUT2D eigenvalue weighted by Gasteiger charge is -2.13. The van der Waals surface area contributed by atoms with E-state index in [1.54, 1.807) is 35.0 Å². The number of ketones is 1. The van der Waals surface area contributed by atoms with Gasteiger partial charge < -0.3 is 0 Å². The Kier molecular flexibility index (Phi) is 4.03. The molecule has 0 unspecified atom stereocenters. The van der Waals surface area contributed by atoms with Crippen LogP contribution in [-0.2, 0) is 16.6 Å². The summed E-state index contributed by atoms with van der Waals surface area (Å²) in [5.41, 5.74) is 3.18. The molecular formula is C20H19N3O3. The predicted octanol–water partition coefficient (Wildman–Crippen LogP) is 2.85. The van der Waals surface area contributed by atoms with Crippen LogP contribution in [0.25, 0.3) is 6.08 Å². The predicted molar refractivity (Wildman–Crippen MR) is 96.7 cm³/mol. The number of hydrogen-bond donors (Lipinski definition) is 0. The number of nitrogens with zero attached hydrogens (tertiary/aromatic N) is 3. The SMILES string of the molecule is Cn1ncc(C2CC2)c1C=CC(=O)c1ccc(N2C(=O)CCC2=O)cc1. The van der Waals surface area contributed by atoms with E-state index < -0.39 is 0 Å². The molecule has 1 saturated heterocycles. The maximum atomic E-state index is 12.4. The van der Waals surface area contributed by atoms with Crippen molar-refractivity contribution in [2.75, 3.05) is 4.90 Å². The molecule has 1 aliphatic carbocycles. The highest BCUT2D eigenvalue weighted by molar-refractivity contribution is 6.20. The summed E-state index contributed by atoms with van der Waals surface area (Å²) < 4.78 is 1.78. The van der Waals surface area contributed by atoms with Crippen LogP contribution >= 0.6 is 0 Å². The summed E-state index contributed by atoms with van der Waals surface area (Å²) in [7, 11) is 1.87.